The van der Waals surface area contributed by atoms with Crippen LogP contribution in [-0.4, -0.2) is 46.7 Å². The summed E-state index contributed by atoms with van der Waals surface area (Å²) in [7, 11) is -10.00. The first-order valence-electron chi connectivity index (χ1n) is 17.8. The van der Waals surface area contributed by atoms with Crippen LogP contribution >= 0.6 is 0 Å². The summed E-state index contributed by atoms with van der Waals surface area (Å²) in [5.41, 5.74) is -0.418. The van der Waals surface area contributed by atoms with Gasteiger partial charge in [-0.3, -0.25) is 23.8 Å². The lowest BCUT2D eigenvalue weighted by atomic mass is 10.0. The zero-order valence-corrected chi connectivity index (χ0v) is 31.3. The Morgan fingerprint density at radius 3 is 1.81 bits per heavy atom. The van der Waals surface area contributed by atoms with Gasteiger partial charge in [-0.25, -0.2) is 4.68 Å². The molecule has 0 spiro atoms. The number of unbranched alkanes of at least 4 members (excludes halogenated alkanes) is 12. The Morgan fingerprint density at radius 2 is 1.28 bits per heavy atom. The molecule has 0 fully saturated rings. The zero-order chi connectivity index (χ0) is 38.4. The number of anilines is 1. The Kier molecular flexibility index (Phi) is 15.1. The Hall–Kier alpha value is -4.64. The first-order chi connectivity index (χ1) is 25.3. The lowest BCUT2D eigenvalue weighted by Gasteiger charge is -2.08. The molecular weight excluding hydrogens is 723 g/mol. The molecule has 4 rings (SSSR count). The number of carbonyl (C=O) groups is 1. The van der Waals surface area contributed by atoms with Crippen LogP contribution in [-0.2, 0) is 26.7 Å². The summed E-state index contributed by atoms with van der Waals surface area (Å²) in [4.78, 5) is 24.8. The van der Waals surface area contributed by atoms with Crippen LogP contribution in [0.25, 0.3) is 5.69 Å². The highest BCUT2D eigenvalue weighted by Crippen LogP contribution is 2.31. The van der Waals surface area contributed by atoms with Gasteiger partial charge >= 0.3 is 5.56 Å². The van der Waals surface area contributed by atoms with Crippen molar-refractivity contribution in [2.24, 2.45) is 10.2 Å². The van der Waals surface area contributed by atoms with Crippen molar-refractivity contribution < 1.29 is 35.8 Å². The van der Waals surface area contributed by atoms with Gasteiger partial charge in [0.25, 0.3) is 26.1 Å². The van der Waals surface area contributed by atoms with Crippen molar-refractivity contribution in [3.8, 4) is 11.4 Å². The smallest absolute Gasteiger partial charge is 0.301 e. The number of azo groups is 1. The van der Waals surface area contributed by atoms with E-state index >= 15 is 0 Å². The van der Waals surface area contributed by atoms with Crippen molar-refractivity contribution in [2.75, 3.05) is 5.32 Å². The summed E-state index contributed by atoms with van der Waals surface area (Å²) in [6, 6.07) is 15.1. The van der Waals surface area contributed by atoms with Gasteiger partial charge in [0.05, 0.1) is 15.5 Å². The van der Waals surface area contributed by atoms with E-state index in [1.807, 2.05) is 6.07 Å². The molecule has 1 amide bonds. The second kappa shape index (κ2) is 19.4. The fraction of sp³-hybridized carbons (Fsp3) is 0.405. The van der Waals surface area contributed by atoms with E-state index in [1.165, 1.54) is 70.6 Å². The highest BCUT2D eigenvalue weighted by atomic mass is 32.2. The summed E-state index contributed by atoms with van der Waals surface area (Å²) < 4.78 is 67.1. The third-order valence-electron chi connectivity index (χ3n) is 8.72. The first-order valence-corrected chi connectivity index (χ1v) is 20.7. The van der Waals surface area contributed by atoms with Crippen LogP contribution in [0.1, 0.15) is 106 Å². The number of aromatic hydroxyl groups is 1. The molecule has 0 aliphatic carbocycles. The number of benzene rings is 3. The molecule has 3 aromatic carbocycles. The number of rotatable bonds is 21. The molecule has 0 saturated carbocycles. The number of H-pyrrole nitrogens is 1. The number of nitrogens with one attached hydrogen (secondary N) is 2. The van der Waals surface area contributed by atoms with Crippen LogP contribution in [0, 0.1) is 0 Å². The molecule has 1 heterocycles. The van der Waals surface area contributed by atoms with Crippen molar-refractivity contribution in [3.63, 3.8) is 0 Å². The van der Waals surface area contributed by atoms with Crippen molar-refractivity contribution in [2.45, 2.75) is 107 Å². The van der Waals surface area contributed by atoms with E-state index in [0.717, 1.165) is 29.5 Å². The monoisotopic (exact) mass is 769 g/mol. The zero-order valence-electron chi connectivity index (χ0n) is 29.7. The number of hydrogen-bond acceptors (Lipinski definition) is 9. The molecule has 5 N–H and O–H groups in total. The molecule has 286 valence electrons. The van der Waals surface area contributed by atoms with Crippen molar-refractivity contribution in [3.05, 3.63) is 88.2 Å². The maximum atomic E-state index is 13.5. The maximum absolute atomic E-state index is 13.5. The largest absolute Gasteiger partial charge is 0.506 e. The van der Waals surface area contributed by atoms with Crippen molar-refractivity contribution in [1.82, 2.24) is 9.78 Å². The number of aromatic nitrogens is 2. The molecule has 0 bridgehead atoms. The van der Waals surface area contributed by atoms with Gasteiger partial charge < -0.3 is 10.4 Å². The molecule has 0 atom stereocenters. The summed E-state index contributed by atoms with van der Waals surface area (Å²) in [6.45, 7) is 2.24. The molecular formula is C37H47N5O9S2. The predicted molar refractivity (Wildman–Crippen MR) is 202 cm³/mol. The average molecular weight is 770 g/mol. The van der Waals surface area contributed by atoms with E-state index in [-0.39, 0.29) is 17.3 Å². The summed E-state index contributed by atoms with van der Waals surface area (Å²) in [5.74, 6) is -1.60. The third-order valence-corrected chi connectivity index (χ3v) is 10.4. The Bertz CT molecular complexity index is 2100. The predicted octanol–water partition coefficient (Wildman–Crippen LogP) is 8.67. The third kappa shape index (κ3) is 12.5. The Morgan fingerprint density at radius 1 is 0.736 bits per heavy atom. The number of hydrogen-bond donors (Lipinski definition) is 5. The van der Waals surface area contributed by atoms with Gasteiger partial charge in [0.2, 0.25) is 0 Å². The quantitative estimate of drug-likeness (QED) is 0.0310. The molecule has 0 aliphatic heterocycles. The van der Waals surface area contributed by atoms with Gasteiger partial charge in [0, 0.05) is 5.56 Å². The maximum Gasteiger partial charge on any atom is 0.301 e. The first kappa shape index (κ1) is 41.1. The number of nitrogens with zero attached hydrogens (tertiary/aromatic N) is 3. The normalized spacial score (nSPS) is 12.1. The number of aromatic amines is 1. The highest BCUT2D eigenvalue weighted by Gasteiger charge is 2.23. The van der Waals surface area contributed by atoms with E-state index in [0.29, 0.717) is 23.9 Å². The number of amides is 1. The van der Waals surface area contributed by atoms with Crippen LogP contribution < -0.4 is 10.9 Å². The molecule has 0 aliphatic rings. The standard InChI is InChI=1S/C37H47N5O9S2/c1-2-3-4-5-6-7-8-9-10-11-12-13-15-18-27-21-22-32(33(43)23-27)39-40-34-35(41-42(37(34)45)29-19-16-14-17-20-29)38-36(44)28-24-30(52(46,47)48)26-31(25-28)53(49,50)51/h14,16-17,19-26,41,43H,2-13,15,18H2,1H3,(H,38,44)(H,46,47,48)(H,49,50,51)/b40-39+. The number of aryl methyl sites for hydroxylation is 1. The Labute approximate surface area is 309 Å². The number of carbonyl (C=O) groups excluding carboxylic acids is 1. The fourth-order valence-corrected chi connectivity index (χ4v) is 6.99. The van der Waals surface area contributed by atoms with E-state index in [2.05, 4.69) is 27.6 Å². The van der Waals surface area contributed by atoms with Crippen LogP contribution in [0.15, 0.2) is 91.5 Å². The van der Waals surface area contributed by atoms with Gasteiger partial charge in [-0.05, 0) is 60.9 Å². The lowest BCUT2D eigenvalue weighted by molar-refractivity contribution is 0.102. The molecule has 0 unspecified atom stereocenters. The van der Waals surface area contributed by atoms with Crippen LogP contribution in [0.2, 0.25) is 0 Å². The summed E-state index contributed by atoms with van der Waals surface area (Å²) in [5, 5.41) is 23.8. The number of phenolic OH excluding ortho intramolecular Hbond substituents is 1. The Balaban J connectivity index is 1.44. The average Bonchev–Trinajstić information content (AvgIpc) is 3.43. The van der Waals surface area contributed by atoms with Crippen LogP contribution in [0.3, 0.4) is 0 Å². The van der Waals surface area contributed by atoms with Gasteiger partial charge in [-0.15, -0.1) is 10.2 Å². The van der Waals surface area contributed by atoms with Crippen molar-refractivity contribution in [1.29, 1.82) is 0 Å². The lowest BCUT2D eigenvalue weighted by Crippen LogP contribution is -2.15. The molecule has 0 saturated heterocycles. The van der Waals surface area contributed by atoms with E-state index in [9.17, 15) is 40.6 Å². The molecule has 14 nitrogen and oxygen atoms in total. The second-order valence-corrected chi connectivity index (χ2v) is 15.8. The second-order valence-electron chi connectivity index (χ2n) is 12.9. The number of phenols is 1. The van der Waals surface area contributed by atoms with Crippen LogP contribution in [0.4, 0.5) is 17.2 Å². The minimum atomic E-state index is -5.00. The molecule has 53 heavy (non-hydrogen) atoms. The minimum Gasteiger partial charge on any atom is -0.506 e. The van der Waals surface area contributed by atoms with Gasteiger partial charge in [0.1, 0.15) is 11.4 Å². The van der Waals surface area contributed by atoms with E-state index in [1.54, 1.807) is 42.5 Å². The van der Waals surface area contributed by atoms with E-state index in [4.69, 9.17) is 0 Å². The fourth-order valence-electron chi connectivity index (χ4n) is 5.81. The molecule has 0 radical (unpaired) electrons. The molecule has 4 aromatic rings. The van der Waals surface area contributed by atoms with Gasteiger partial charge in [-0.1, -0.05) is 108 Å². The summed E-state index contributed by atoms with van der Waals surface area (Å²) in [6.07, 6.45) is 17.1. The van der Waals surface area contributed by atoms with Crippen molar-refractivity contribution >= 4 is 43.3 Å². The molecule has 16 heteroatoms. The summed E-state index contributed by atoms with van der Waals surface area (Å²) >= 11 is 0. The van der Waals surface area contributed by atoms with Gasteiger partial charge in [-0.2, -0.15) is 16.8 Å². The number of para-hydroxylation sites is 1. The SMILES string of the molecule is CCCCCCCCCCCCCCCc1ccc(/N=N/c2c(NC(=O)c3cc(S(=O)(=O)O)cc(S(=O)(=O)O)c3)[nH]n(-c3ccccc3)c2=O)c(O)c1. The highest BCUT2D eigenvalue weighted by molar-refractivity contribution is 7.86. The molecule has 1 aromatic heterocycles. The van der Waals surface area contributed by atoms with Gasteiger partial charge in [0.15, 0.2) is 11.5 Å². The van der Waals surface area contributed by atoms with E-state index < -0.39 is 52.7 Å². The topological polar surface area (TPSA) is 221 Å². The van der Waals surface area contributed by atoms with Crippen LogP contribution in [0.5, 0.6) is 5.75 Å². The minimum absolute atomic E-state index is 0.0573.